The molecular weight excluding hydrogens is 342 g/mol. The molecule has 25 heavy (non-hydrogen) atoms. The van der Waals surface area contributed by atoms with Crippen LogP contribution in [0.25, 0.3) is 5.69 Å². The van der Waals surface area contributed by atoms with Crippen LogP contribution in [0.15, 0.2) is 41.2 Å². The van der Waals surface area contributed by atoms with Crippen LogP contribution in [0.3, 0.4) is 0 Å². The van der Waals surface area contributed by atoms with E-state index in [2.05, 4.69) is 20.9 Å². The van der Waals surface area contributed by atoms with E-state index in [1.54, 1.807) is 54.6 Å². The molecule has 0 saturated heterocycles. The summed E-state index contributed by atoms with van der Waals surface area (Å²) in [6, 6.07) is 6.72. The molecule has 130 valence electrons. The number of carbonyl (C=O) groups is 1. The molecule has 8 nitrogen and oxygen atoms in total. The molecule has 0 atom stereocenters. The molecule has 0 fully saturated rings. The third kappa shape index (κ3) is 4.27. The van der Waals surface area contributed by atoms with Gasteiger partial charge in [-0.05, 0) is 11.4 Å². The summed E-state index contributed by atoms with van der Waals surface area (Å²) >= 11 is 1.58. The van der Waals surface area contributed by atoms with Gasteiger partial charge in [-0.3, -0.25) is 0 Å². The maximum Gasteiger partial charge on any atom is 0.319 e. The number of ether oxygens (including phenoxy) is 2. The number of nitrogens with zero attached hydrogens (tertiary/aromatic N) is 3. The Morgan fingerprint density at radius 2 is 2.00 bits per heavy atom. The maximum atomic E-state index is 12.1. The zero-order valence-corrected chi connectivity index (χ0v) is 14.5. The van der Waals surface area contributed by atoms with E-state index in [9.17, 15) is 4.79 Å². The van der Waals surface area contributed by atoms with Gasteiger partial charge in [-0.25, -0.2) is 9.48 Å². The highest BCUT2D eigenvalue weighted by Gasteiger charge is 2.08. The predicted octanol–water partition coefficient (Wildman–Crippen LogP) is 2.67. The first kappa shape index (κ1) is 16.8. The molecule has 0 unspecified atom stereocenters. The van der Waals surface area contributed by atoms with Crippen LogP contribution in [0.2, 0.25) is 0 Å². The Hall–Kier alpha value is -3.07. The highest BCUT2D eigenvalue weighted by Crippen LogP contribution is 2.25. The van der Waals surface area contributed by atoms with Crippen LogP contribution in [0.1, 0.15) is 5.69 Å². The molecule has 0 radical (unpaired) electrons. The first-order valence-corrected chi connectivity index (χ1v) is 8.34. The van der Waals surface area contributed by atoms with Crippen LogP contribution in [-0.2, 0) is 6.54 Å². The highest BCUT2D eigenvalue weighted by atomic mass is 32.1. The quantitative estimate of drug-likeness (QED) is 0.706. The van der Waals surface area contributed by atoms with Crippen molar-refractivity contribution in [1.29, 1.82) is 0 Å². The fourth-order valence-corrected chi connectivity index (χ4v) is 2.74. The van der Waals surface area contributed by atoms with Gasteiger partial charge in [0, 0.05) is 29.3 Å². The first-order valence-electron chi connectivity index (χ1n) is 7.39. The largest absolute Gasteiger partial charge is 0.497 e. The molecule has 0 aliphatic heterocycles. The summed E-state index contributed by atoms with van der Waals surface area (Å²) in [4.78, 5) is 12.1. The number of hydrogen-bond acceptors (Lipinski definition) is 6. The van der Waals surface area contributed by atoms with Gasteiger partial charge in [-0.2, -0.15) is 11.3 Å². The monoisotopic (exact) mass is 359 g/mol. The SMILES string of the molecule is COc1cc(NC(=O)NCc2cn(-c3ccsc3)nn2)cc(OC)c1. The van der Waals surface area contributed by atoms with Crippen LogP contribution < -0.4 is 20.1 Å². The van der Waals surface area contributed by atoms with E-state index in [4.69, 9.17) is 9.47 Å². The average molecular weight is 359 g/mol. The molecule has 0 bridgehead atoms. The molecule has 2 N–H and O–H groups in total. The molecule has 9 heteroatoms. The molecule has 0 saturated carbocycles. The minimum absolute atomic E-state index is 0.261. The van der Waals surface area contributed by atoms with E-state index < -0.39 is 0 Å². The number of nitrogens with one attached hydrogen (secondary N) is 2. The van der Waals surface area contributed by atoms with Crippen LogP contribution in [0, 0.1) is 0 Å². The Kier molecular flexibility index (Phi) is 5.14. The second-order valence-corrected chi connectivity index (χ2v) is 5.83. The normalized spacial score (nSPS) is 10.3. The fourth-order valence-electron chi connectivity index (χ4n) is 2.12. The van der Waals surface area contributed by atoms with Crippen molar-refractivity contribution < 1.29 is 14.3 Å². The molecule has 1 aromatic carbocycles. The van der Waals surface area contributed by atoms with Gasteiger partial charge in [-0.1, -0.05) is 5.21 Å². The van der Waals surface area contributed by atoms with Crippen LogP contribution in [-0.4, -0.2) is 35.2 Å². The summed E-state index contributed by atoms with van der Waals surface area (Å²) in [7, 11) is 3.10. The van der Waals surface area contributed by atoms with Crippen molar-refractivity contribution >= 4 is 23.1 Å². The van der Waals surface area contributed by atoms with E-state index in [1.807, 2.05) is 16.8 Å². The zero-order valence-electron chi connectivity index (χ0n) is 13.7. The number of carbonyl (C=O) groups excluding carboxylic acids is 1. The lowest BCUT2D eigenvalue weighted by atomic mass is 10.3. The number of hydrogen-bond donors (Lipinski definition) is 2. The molecule has 3 aromatic rings. The molecule has 3 rings (SSSR count). The van der Waals surface area contributed by atoms with Gasteiger partial charge in [-0.15, -0.1) is 5.10 Å². The summed E-state index contributed by atoms with van der Waals surface area (Å²) < 4.78 is 12.0. The average Bonchev–Trinajstić information content (AvgIpc) is 3.30. The Bertz CT molecular complexity index is 825. The molecule has 2 heterocycles. The highest BCUT2D eigenvalue weighted by molar-refractivity contribution is 7.08. The molecular formula is C16H17N5O3S. The minimum atomic E-state index is -0.361. The van der Waals surface area contributed by atoms with Crippen molar-refractivity contribution in [1.82, 2.24) is 20.3 Å². The Labute approximate surface area is 148 Å². The number of aromatic nitrogens is 3. The van der Waals surface area contributed by atoms with Crippen molar-refractivity contribution in [2.24, 2.45) is 0 Å². The molecule has 0 spiro atoms. The van der Waals surface area contributed by atoms with Crippen molar-refractivity contribution in [3.8, 4) is 17.2 Å². The topological polar surface area (TPSA) is 90.3 Å². The van der Waals surface area contributed by atoms with Crippen LogP contribution >= 0.6 is 11.3 Å². The van der Waals surface area contributed by atoms with E-state index in [-0.39, 0.29) is 12.6 Å². The van der Waals surface area contributed by atoms with Crippen molar-refractivity contribution in [2.75, 3.05) is 19.5 Å². The van der Waals surface area contributed by atoms with Gasteiger partial charge >= 0.3 is 6.03 Å². The number of thiophene rings is 1. The zero-order chi connectivity index (χ0) is 17.6. The smallest absolute Gasteiger partial charge is 0.319 e. The number of methoxy groups -OCH3 is 2. The summed E-state index contributed by atoms with van der Waals surface area (Å²) in [5.41, 5.74) is 2.16. The summed E-state index contributed by atoms with van der Waals surface area (Å²) in [5.74, 6) is 1.18. The molecule has 2 aromatic heterocycles. The Morgan fingerprint density at radius 1 is 1.24 bits per heavy atom. The van der Waals surface area contributed by atoms with Gasteiger partial charge in [0.05, 0.1) is 32.6 Å². The summed E-state index contributed by atoms with van der Waals surface area (Å²) in [6.45, 7) is 0.261. The van der Waals surface area contributed by atoms with Crippen molar-refractivity contribution in [2.45, 2.75) is 6.54 Å². The second-order valence-electron chi connectivity index (χ2n) is 5.05. The lowest BCUT2D eigenvalue weighted by Crippen LogP contribution is -2.28. The standard InChI is InChI=1S/C16H17N5O3S/c1-23-14-5-11(6-15(7-14)24-2)18-16(22)17-8-12-9-21(20-19-12)13-3-4-25-10-13/h3-7,9-10H,8H2,1-2H3,(H2,17,18,22). The number of rotatable bonds is 6. The fraction of sp³-hybridized carbons (Fsp3) is 0.188. The second kappa shape index (κ2) is 7.67. The van der Waals surface area contributed by atoms with Gasteiger partial charge in [0.15, 0.2) is 0 Å². The number of anilines is 1. The lowest BCUT2D eigenvalue weighted by molar-refractivity contribution is 0.251. The third-order valence-electron chi connectivity index (χ3n) is 3.35. The van der Waals surface area contributed by atoms with Crippen LogP contribution in [0.4, 0.5) is 10.5 Å². The van der Waals surface area contributed by atoms with Crippen molar-refractivity contribution in [3.63, 3.8) is 0 Å². The maximum absolute atomic E-state index is 12.1. The van der Waals surface area contributed by atoms with E-state index in [0.29, 0.717) is 22.9 Å². The summed E-state index contributed by atoms with van der Waals surface area (Å²) in [6.07, 6.45) is 1.77. The van der Waals surface area contributed by atoms with Crippen molar-refractivity contribution in [3.05, 3.63) is 46.9 Å². The summed E-state index contributed by atoms with van der Waals surface area (Å²) in [5, 5.41) is 17.5. The molecule has 0 aliphatic carbocycles. The van der Waals surface area contributed by atoms with E-state index >= 15 is 0 Å². The predicted molar refractivity (Wildman–Crippen MR) is 94.6 cm³/mol. The molecule has 2 amide bonds. The van der Waals surface area contributed by atoms with E-state index in [0.717, 1.165) is 5.69 Å². The first-order chi connectivity index (χ1) is 12.2. The number of amides is 2. The van der Waals surface area contributed by atoms with Crippen LogP contribution in [0.5, 0.6) is 11.5 Å². The van der Waals surface area contributed by atoms with E-state index in [1.165, 1.54) is 0 Å². The Balaban J connectivity index is 1.58. The Morgan fingerprint density at radius 3 is 2.64 bits per heavy atom. The minimum Gasteiger partial charge on any atom is -0.497 e. The number of urea groups is 1. The molecule has 0 aliphatic rings. The van der Waals surface area contributed by atoms with Gasteiger partial charge < -0.3 is 20.1 Å². The van der Waals surface area contributed by atoms with Gasteiger partial charge in [0.2, 0.25) is 0 Å². The van der Waals surface area contributed by atoms with Gasteiger partial charge in [0.25, 0.3) is 0 Å². The van der Waals surface area contributed by atoms with Gasteiger partial charge in [0.1, 0.15) is 17.2 Å². The third-order valence-corrected chi connectivity index (χ3v) is 4.02. The number of benzene rings is 1. The lowest BCUT2D eigenvalue weighted by Gasteiger charge is -2.10.